The summed E-state index contributed by atoms with van der Waals surface area (Å²) in [4.78, 5) is 11.5. The molecule has 118 valence electrons. The number of rotatable bonds is 4. The summed E-state index contributed by atoms with van der Waals surface area (Å²) in [6.07, 6.45) is -0.663. The Morgan fingerprint density at radius 1 is 1.29 bits per heavy atom. The quantitative estimate of drug-likeness (QED) is 0.841. The maximum absolute atomic E-state index is 13.2. The lowest BCUT2D eigenvalue weighted by molar-refractivity contribution is 0.0525. The average molecular weight is 304 g/mol. The van der Waals surface area contributed by atoms with Crippen molar-refractivity contribution in [1.29, 1.82) is 0 Å². The van der Waals surface area contributed by atoms with Crippen molar-refractivity contribution in [2.75, 3.05) is 13.1 Å². The van der Waals surface area contributed by atoms with Gasteiger partial charge in [-0.3, -0.25) is 0 Å². The molecule has 0 saturated heterocycles. The zero-order valence-corrected chi connectivity index (χ0v) is 12.2. The highest BCUT2D eigenvalue weighted by Gasteiger charge is 2.20. The van der Waals surface area contributed by atoms with Gasteiger partial charge in [-0.2, -0.15) is 0 Å². The molecule has 0 heterocycles. The first kappa shape index (κ1) is 17.3. The van der Waals surface area contributed by atoms with Gasteiger partial charge in [0.15, 0.2) is 17.5 Å². The van der Waals surface area contributed by atoms with Gasteiger partial charge in [0.25, 0.3) is 0 Å². The first-order valence-electron chi connectivity index (χ1n) is 6.45. The number of halogens is 3. The summed E-state index contributed by atoms with van der Waals surface area (Å²) < 4.78 is 44.3. The SMILES string of the molecule is CC(C)(C)OC(=O)NCC(CN)c1cc(F)c(F)c(F)c1. The van der Waals surface area contributed by atoms with E-state index in [0.717, 1.165) is 12.1 Å². The van der Waals surface area contributed by atoms with Crippen molar-refractivity contribution in [3.63, 3.8) is 0 Å². The standard InChI is InChI=1S/C14H19F3N2O2/c1-14(2,3)21-13(20)19-7-9(6-18)8-4-10(15)12(17)11(16)5-8/h4-5,9H,6-7,18H2,1-3H3,(H,19,20). The largest absolute Gasteiger partial charge is 0.444 e. The van der Waals surface area contributed by atoms with Gasteiger partial charge in [0, 0.05) is 19.0 Å². The van der Waals surface area contributed by atoms with Crippen molar-refractivity contribution in [2.45, 2.75) is 32.3 Å². The molecular weight excluding hydrogens is 285 g/mol. The molecule has 0 radical (unpaired) electrons. The Morgan fingerprint density at radius 2 is 1.81 bits per heavy atom. The van der Waals surface area contributed by atoms with Gasteiger partial charge in [0.2, 0.25) is 0 Å². The van der Waals surface area contributed by atoms with E-state index in [4.69, 9.17) is 10.5 Å². The van der Waals surface area contributed by atoms with Gasteiger partial charge in [-0.25, -0.2) is 18.0 Å². The highest BCUT2D eigenvalue weighted by atomic mass is 19.2. The normalized spacial score (nSPS) is 12.9. The number of amides is 1. The number of nitrogens with two attached hydrogens (primary N) is 1. The van der Waals surface area contributed by atoms with Gasteiger partial charge < -0.3 is 15.8 Å². The lowest BCUT2D eigenvalue weighted by Gasteiger charge is -2.21. The van der Waals surface area contributed by atoms with Crippen molar-refractivity contribution >= 4 is 6.09 Å². The van der Waals surface area contributed by atoms with Crippen LogP contribution in [0.25, 0.3) is 0 Å². The predicted molar refractivity (Wildman–Crippen MR) is 72.3 cm³/mol. The van der Waals surface area contributed by atoms with Crippen molar-refractivity contribution in [2.24, 2.45) is 5.73 Å². The van der Waals surface area contributed by atoms with Crippen LogP contribution in [0.4, 0.5) is 18.0 Å². The van der Waals surface area contributed by atoms with Crippen LogP contribution in [0.5, 0.6) is 0 Å². The summed E-state index contributed by atoms with van der Waals surface area (Å²) in [5.74, 6) is -4.67. The molecule has 0 aliphatic rings. The van der Waals surface area contributed by atoms with Crippen LogP contribution in [0.15, 0.2) is 12.1 Å². The van der Waals surface area contributed by atoms with Crippen molar-refractivity contribution < 1.29 is 22.7 Å². The molecule has 0 aromatic heterocycles. The smallest absolute Gasteiger partial charge is 0.407 e. The third-order valence-electron chi connectivity index (χ3n) is 2.65. The fourth-order valence-corrected chi connectivity index (χ4v) is 1.67. The third kappa shape index (κ3) is 5.26. The van der Waals surface area contributed by atoms with Crippen LogP contribution in [0.2, 0.25) is 0 Å². The number of hydrogen-bond acceptors (Lipinski definition) is 3. The number of carbonyl (C=O) groups is 1. The van der Waals surface area contributed by atoms with E-state index in [0.29, 0.717) is 0 Å². The van der Waals surface area contributed by atoms with Crippen LogP contribution in [0.3, 0.4) is 0 Å². The van der Waals surface area contributed by atoms with Gasteiger partial charge in [-0.15, -0.1) is 0 Å². The zero-order valence-electron chi connectivity index (χ0n) is 12.2. The maximum atomic E-state index is 13.2. The second kappa shape index (κ2) is 6.80. The summed E-state index contributed by atoms with van der Waals surface area (Å²) in [6.45, 7) is 5.17. The van der Waals surface area contributed by atoms with Gasteiger partial charge in [-0.05, 0) is 38.5 Å². The van der Waals surface area contributed by atoms with Crippen LogP contribution in [-0.4, -0.2) is 24.8 Å². The molecule has 0 spiro atoms. The van der Waals surface area contributed by atoms with Crippen LogP contribution < -0.4 is 11.1 Å². The molecule has 0 saturated carbocycles. The number of hydrogen-bond donors (Lipinski definition) is 2. The Kier molecular flexibility index (Phi) is 5.60. The number of ether oxygens (including phenoxy) is 1. The Labute approximate surface area is 121 Å². The highest BCUT2D eigenvalue weighted by Crippen LogP contribution is 2.20. The maximum Gasteiger partial charge on any atom is 0.407 e. The fraction of sp³-hybridized carbons (Fsp3) is 0.500. The van der Waals surface area contributed by atoms with E-state index in [1.807, 2.05) is 0 Å². The van der Waals surface area contributed by atoms with E-state index in [-0.39, 0.29) is 18.7 Å². The summed E-state index contributed by atoms with van der Waals surface area (Å²) in [7, 11) is 0. The van der Waals surface area contributed by atoms with Crippen LogP contribution in [0, 0.1) is 17.5 Å². The molecule has 3 N–H and O–H groups in total. The van der Waals surface area contributed by atoms with E-state index in [1.165, 1.54) is 0 Å². The zero-order chi connectivity index (χ0) is 16.2. The number of carbonyl (C=O) groups excluding carboxylic acids is 1. The summed E-state index contributed by atoms with van der Waals surface area (Å²) in [5.41, 5.74) is 5.04. The van der Waals surface area contributed by atoms with E-state index in [1.54, 1.807) is 20.8 Å². The molecule has 1 aromatic carbocycles. The van der Waals surface area contributed by atoms with Crippen molar-refractivity contribution in [1.82, 2.24) is 5.32 Å². The van der Waals surface area contributed by atoms with E-state index >= 15 is 0 Å². The predicted octanol–water partition coefficient (Wildman–Crippen LogP) is 2.67. The third-order valence-corrected chi connectivity index (χ3v) is 2.65. The topological polar surface area (TPSA) is 64.3 Å². The Balaban J connectivity index is 2.74. The van der Waals surface area contributed by atoms with Gasteiger partial charge in [0.05, 0.1) is 0 Å². The van der Waals surface area contributed by atoms with Crippen LogP contribution in [0.1, 0.15) is 32.3 Å². The molecule has 1 rings (SSSR count). The molecule has 1 atom stereocenters. The van der Waals surface area contributed by atoms with E-state index < -0.39 is 35.1 Å². The molecule has 0 aliphatic heterocycles. The minimum Gasteiger partial charge on any atom is -0.444 e. The summed E-state index contributed by atoms with van der Waals surface area (Å²) in [6, 6.07) is 1.74. The van der Waals surface area contributed by atoms with Crippen molar-refractivity contribution in [3.05, 3.63) is 35.1 Å². The second-order valence-corrected chi connectivity index (χ2v) is 5.61. The Bertz CT molecular complexity index is 492. The monoisotopic (exact) mass is 304 g/mol. The van der Waals surface area contributed by atoms with Gasteiger partial charge in [-0.1, -0.05) is 0 Å². The molecule has 21 heavy (non-hydrogen) atoms. The number of alkyl carbamates (subject to hydrolysis) is 1. The molecule has 1 aromatic rings. The first-order chi connectivity index (χ1) is 9.64. The second-order valence-electron chi connectivity index (χ2n) is 5.61. The van der Waals surface area contributed by atoms with Gasteiger partial charge in [0.1, 0.15) is 5.60 Å². The molecule has 1 unspecified atom stereocenters. The minimum absolute atomic E-state index is 0.0237. The summed E-state index contributed by atoms with van der Waals surface area (Å²) in [5, 5.41) is 2.46. The van der Waals surface area contributed by atoms with Gasteiger partial charge >= 0.3 is 6.09 Å². The Morgan fingerprint density at radius 3 is 2.24 bits per heavy atom. The summed E-state index contributed by atoms with van der Waals surface area (Å²) >= 11 is 0. The molecule has 4 nitrogen and oxygen atoms in total. The molecule has 7 heteroatoms. The number of benzene rings is 1. The fourth-order valence-electron chi connectivity index (χ4n) is 1.67. The molecular formula is C14H19F3N2O2. The minimum atomic E-state index is -1.53. The lowest BCUT2D eigenvalue weighted by Crippen LogP contribution is -2.36. The number of nitrogens with one attached hydrogen (secondary N) is 1. The Hall–Kier alpha value is -1.76. The van der Waals surface area contributed by atoms with Crippen LogP contribution >= 0.6 is 0 Å². The molecule has 0 aliphatic carbocycles. The molecule has 1 amide bonds. The van der Waals surface area contributed by atoms with E-state index in [2.05, 4.69) is 5.32 Å². The van der Waals surface area contributed by atoms with E-state index in [9.17, 15) is 18.0 Å². The average Bonchev–Trinajstić information content (AvgIpc) is 2.34. The highest BCUT2D eigenvalue weighted by molar-refractivity contribution is 5.67. The van der Waals surface area contributed by atoms with Crippen molar-refractivity contribution in [3.8, 4) is 0 Å². The van der Waals surface area contributed by atoms with Crippen LogP contribution in [-0.2, 0) is 4.74 Å². The lowest BCUT2D eigenvalue weighted by atomic mass is 9.99. The molecule has 0 bridgehead atoms. The first-order valence-corrected chi connectivity index (χ1v) is 6.45. The molecule has 0 fully saturated rings.